The van der Waals surface area contributed by atoms with Crippen molar-refractivity contribution in [3.8, 4) is 0 Å². The van der Waals surface area contributed by atoms with Crippen LogP contribution in [0.1, 0.15) is 26.2 Å². The molecule has 5 nitrogen and oxygen atoms in total. The van der Waals surface area contributed by atoms with Crippen LogP contribution in [0.4, 0.5) is 0 Å². The lowest BCUT2D eigenvalue weighted by Gasteiger charge is -2.33. The first-order chi connectivity index (χ1) is 10.1. The summed E-state index contributed by atoms with van der Waals surface area (Å²) >= 11 is 0. The molecule has 2 saturated heterocycles. The number of hydrogen-bond acceptors (Lipinski definition) is 4. The zero-order valence-electron chi connectivity index (χ0n) is 13.9. The van der Waals surface area contributed by atoms with E-state index in [1.54, 1.807) is 0 Å². The number of rotatable bonds is 6. The van der Waals surface area contributed by atoms with Crippen molar-refractivity contribution in [1.29, 1.82) is 0 Å². The number of piperidine rings is 1. The first-order valence-corrected chi connectivity index (χ1v) is 8.34. The topological polar surface area (TPSA) is 36.0 Å². The van der Waals surface area contributed by atoms with Gasteiger partial charge in [-0.1, -0.05) is 0 Å². The molecule has 1 atom stereocenters. The van der Waals surface area contributed by atoms with Gasteiger partial charge >= 0.3 is 0 Å². The van der Waals surface area contributed by atoms with Crippen molar-refractivity contribution in [2.75, 3.05) is 60.0 Å². The number of carbonyl (C=O) groups is 1. The van der Waals surface area contributed by atoms with Crippen LogP contribution in [0.15, 0.2) is 0 Å². The zero-order valence-corrected chi connectivity index (χ0v) is 13.9. The maximum Gasteiger partial charge on any atom is 0.236 e. The first kappa shape index (κ1) is 16.7. The summed E-state index contributed by atoms with van der Waals surface area (Å²) in [6, 6.07) is 0.606. The van der Waals surface area contributed by atoms with E-state index in [1.807, 2.05) is 11.8 Å². The van der Waals surface area contributed by atoms with Gasteiger partial charge in [0.25, 0.3) is 0 Å². The van der Waals surface area contributed by atoms with Gasteiger partial charge in [-0.25, -0.2) is 0 Å². The van der Waals surface area contributed by atoms with Gasteiger partial charge in [0.05, 0.1) is 6.54 Å². The summed E-state index contributed by atoms with van der Waals surface area (Å²) in [4.78, 5) is 19.0. The number of likely N-dealkylation sites (N-methyl/N-ethyl adjacent to an activating group) is 1. The SMILES string of the molecule is CCOCC1CCN(C(=O)CN2CCC(N(C)C)C2)CC1. The quantitative estimate of drug-likeness (QED) is 0.730. The Morgan fingerprint density at radius 1 is 1.19 bits per heavy atom. The Morgan fingerprint density at radius 3 is 2.48 bits per heavy atom. The highest BCUT2D eigenvalue weighted by Crippen LogP contribution is 2.19. The van der Waals surface area contributed by atoms with Crippen LogP contribution in [0.3, 0.4) is 0 Å². The van der Waals surface area contributed by atoms with Crippen LogP contribution in [0.2, 0.25) is 0 Å². The van der Waals surface area contributed by atoms with Crippen LogP contribution in [-0.4, -0.2) is 86.7 Å². The summed E-state index contributed by atoms with van der Waals surface area (Å²) in [5, 5.41) is 0. The number of carbonyl (C=O) groups excluding carboxylic acids is 1. The van der Waals surface area contributed by atoms with Gasteiger partial charge in [-0.05, 0) is 46.2 Å². The van der Waals surface area contributed by atoms with Crippen LogP contribution in [0.5, 0.6) is 0 Å². The third-order valence-corrected chi connectivity index (χ3v) is 4.86. The van der Waals surface area contributed by atoms with E-state index in [1.165, 1.54) is 6.42 Å². The van der Waals surface area contributed by atoms with Gasteiger partial charge < -0.3 is 14.5 Å². The molecule has 0 aromatic heterocycles. The number of likely N-dealkylation sites (tertiary alicyclic amines) is 2. The summed E-state index contributed by atoms with van der Waals surface area (Å²) in [7, 11) is 4.25. The lowest BCUT2D eigenvalue weighted by molar-refractivity contribution is -0.133. The zero-order chi connectivity index (χ0) is 15.2. The van der Waals surface area contributed by atoms with Crippen LogP contribution in [-0.2, 0) is 9.53 Å². The summed E-state index contributed by atoms with van der Waals surface area (Å²) < 4.78 is 5.49. The van der Waals surface area contributed by atoms with Crippen LogP contribution >= 0.6 is 0 Å². The maximum atomic E-state index is 12.4. The van der Waals surface area contributed by atoms with E-state index in [-0.39, 0.29) is 0 Å². The first-order valence-electron chi connectivity index (χ1n) is 8.34. The van der Waals surface area contributed by atoms with Crippen LogP contribution in [0, 0.1) is 5.92 Å². The number of hydrogen-bond donors (Lipinski definition) is 0. The third kappa shape index (κ3) is 4.94. The maximum absolute atomic E-state index is 12.4. The molecule has 2 heterocycles. The van der Waals surface area contributed by atoms with E-state index in [0.717, 1.165) is 52.2 Å². The fourth-order valence-corrected chi connectivity index (χ4v) is 3.30. The van der Waals surface area contributed by atoms with E-state index in [9.17, 15) is 4.79 Å². The predicted molar refractivity (Wildman–Crippen MR) is 84.3 cm³/mol. The molecule has 0 spiro atoms. The van der Waals surface area contributed by atoms with Crippen molar-refractivity contribution in [1.82, 2.24) is 14.7 Å². The molecular weight excluding hydrogens is 266 g/mol. The van der Waals surface area contributed by atoms with Crippen molar-refractivity contribution in [2.45, 2.75) is 32.2 Å². The molecule has 2 rings (SSSR count). The van der Waals surface area contributed by atoms with E-state index < -0.39 is 0 Å². The normalized spacial score (nSPS) is 25.0. The Bertz CT molecular complexity index is 327. The van der Waals surface area contributed by atoms with E-state index in [0.29, 0.717) is 24.4 Å². The molecular formula is C16H31N3O2. The highest BCUT2D eigenvalue weighted by Gasteiger charge is 2.28. The minimum absolute atomic E-state index is 0.310. The lowest BCUT2D eigenvalue weighted by Crippen LogP contribution is -2.44. The molecule has 0 N–H and O–H groups in total. The summed E-state index contributed by atoms with van der Waals surface area (Å²) in [6.45, 7) is 8.17. The Morgan fingerprint density at radius 2 is 1.90 bits per heavy atom. The molecule has 2 aliphatic rings. The molecule has 0 radical (unpaired) electrons. The number of amides is 1. The number of ether oxygens (including phenoxy) is 1. The molecule has 0 bridgehead atoms. The second kappa shape index (κ2) is 8.11. The van der Waals surface area contributed by atoms with Gasteiger partial charge in [-0.2, -0.15) is 0 Å². The van der Waals surface area contributed by atoms with E-state index in [4.69, 9.17) is 4.74 Å². The highest BCUT2D eigenvalue weighted by molar-refractivity contribution is 5.78. The summed E-state index contributed by atoms with van der Waals surface area (Å²) in [5.74, 6) is 0.947. The smallest absolute Gasteiger partial charge is 0.236 e. The van der Waals surface area contributed by atoms with E-state index >= 15 is 0 Å². The van der Waals surface area contributed by atoms with Crippen molar-refractivity contribution < 1.29 is 9.53 Å². The molecule has 1 unspecified atom stereocenters. The van der Waals surface area contributed by atoms with Crippen LogP contribution < -0.4 is 0 Å². The van der Waals surface area contributed by atoms with E-state index in [2.05, 4.69) is 23.9 Å². The Labute approximate surface area is 129 Å². The fraction of sp³-hybridized carbons (Fsp3) is 0.938. The molecule has 0 aromatic carbocycles. The largest absolute Gasteiger partial charge is 0.381 e. The Hall–Kier alpha value is -0.650. The second-order valence-electron chi connectivity index (χ2n) is 6.62. The summed E-state index contributed by atoms with van der Waals surface area (Å²) in [5.41, 5.74) is 0. The van der Waals surface area contributed by atoms with Gasteiger partial charge in [-0.15, -0.1) is 0 Å². The van der Waals surface area contributed by atoms with Gasteiger partial charge in [0.2, 0.25) is 5.91 Å². The number of nitrogens with zero attached hydrogens (tertiary/aromatic N) is 3. The molecule has 0 saturated carbocycles. The molecule has 0 aliphatic carbocycles. The minimum Gasteiger partial charge on any atom is -0.381 e. The molecule has 1 amide bonds. The highest BCUT2D eigenvalue weighted by atomic mass is 16.5. The Kier molecular flexibility index (Phi) is 6.45. The molecule has 2 fully saturated rings. The van der Waals surface area contributed by atoms with Crippen molar-refractivity contribution in [2.24, 2.45) is 5.92 Å². The standard InChI is InChI=1S/C16H31N3O2/c1-4-21-13-14-5-9-19(10-6-14)16(20)12-18-8-7-15(11-18)17(2)3/h14-15H,4-13H2,1-3H3. The van der Waals surface area contributed by atoms with Crippen molar-refractivity contribution in [3.63, 3.8) is 0 Å². The Balaban J connectivity index is 1.68. The third-order valence-electron chi connectivity index (χ3n) is 4.86. The monoisotopic (exact) mass is 297 g/mol. The molecule has 122 valence electrons. The molecule has 21 heavy (non-hydrogen) atoms. The average Bonchev–Trinajstić information content (AvgIpc) is 2.94. The summed E-state index contributed by atoms with van der Waals surface area (Å²) in [6.07, 6.45) is 3.36. The van der Waals surface area contributed by atoms with Gasteiger partial charge in [0.15, 0.2) is 0 Å². The molecule has 2 aliphatic heterocycles. The van der Waals surface area contributed by atoms with Gasteiger partial charge in [-0.3, -0.25) is 9.69 Å². The van der Waals surface area contributed by atoms with Crippen LogP contribution in [0.25, 0.3) is 0 Å². The lowest BCUT2D eigenvalue weighted by atomic mass is 9.98. The van der Waals surface area contributed by atoms with Gasteiger partial charge in [0.1, 0.15) is 0 Å². The minimum atomic E-state index is 0.310. The van der Waals surface area contributed by atoms with Crippen molar-refractivity contribution in [3.05, 3.63) is 0 Å². The fourth-order valence-electron chi connectivity index (χ4n) is 3.30. The predicted octanol–water partition coefficient (Wildman–Crippen LogP) is 0.897. The average molecular weight is 297 g/mol. The molecule has 0 aromatic rings. The van der Waals surface area contributed by atoms with Gasteiger partial charge in [0, 0.05) is 45.4 Å². The molecule has 5 heteroatoms. The van der Waals surface area contributed by atoms with Crippen molar-refractivity contribution >= 4 is 5.91 Å². The second-order valence-corrected chi connectivity index (χ2v) is 6.62.